The largest absolute Gasteiger partial charge is 0.504 e. The molecule has 1 rings (SSSR count). The van der Waals surface area contributed by atoms with Crippen LogP contribution in [0.3, 0.4) is 0 Å². The summed E-state index contributed by atoms with van der Waals surface area (Å²) in [7, 11) is 1.56. The molecule has 1 amide bonds. The van der Waals surface area contributed by atoms with Crippen LogP contribution in [0.2, 0.25) is 0 Å². The molecule has 1 aromatic rings. The lowest BCUT2D eigenvalue weighted by atomic mass is 9.89. The number of hydrogen-bond donors (Lipinski definition) is 2. The molecule has 0 saturated carbocycles. The molecule has 1 aromatic carbocycles. The van der Waals surface area contributed by atoms with Crippen LogP contribution in [0, 0.1) is 11.8 Å². The number of carbonyl (C=O) groups excluding carboxylic acids is 1. The fourth-order valence-electron chi connectivity index (χ4n) is 3.22. The van der Waals surface area contributed by atoms with Crippen molar-refractivity contribution in [1.29, 1.82) is 0 Å². The summed E-state index contributed by atoms with van der Waals surface area (Å²) in [6.07, 6.45) is 8.58. The van der Waals surface area contributed by atoms with Gasteiger partial charge in [0, 0.05) is 12.5 Å². The number of benzene rings is 1. The van der Waals surface area contributed by atoms with Crippen molar-refractivity contribution in [3.8, 4) is 11.5 Å². The second-order valence-corrected chi connectivity index (χ2v) is 7.45. The molecular formula is C22H37NO3. The lowest BCUT2D eigenvalue weighted by Crippen LogP contribution is -2.34. The molecule has 0 aromatic heterocycles. The minimum Gasteiger partial charge on any atom is -0.504 e. The van der Waals surface area contributed by atoms with E-state index in [0.717, 1.165) is 63.5 Å². The fraction of sp³-hybridized carbons (Fsp3) is 0.682. The van der Waals surface area contributed by atoms with Gasteiger partial charge in [0.05, 0.1) is 7.11 Å². The molecule has 2 N–H and O–H groups in total. The van der Waals surface area contributed by atoms with Crippen molar-refractivity contribution in [2.24, 2.45) is 11.8 Å². The Hall–Kier alpha value is -1.71. The van der Waals surface area contributed by atoms with E-state index >= 15 is 0 Å². The first-order chi connectivity index (χ1) is 12.5. The van der Waals surface area contributed by atoms with Gasteiger partial charge in [0.15, 0.2) is 11.5 Å². The first kappa shape index (κ1) is 22.3. The highest BCUT2D eigenvalue weighted by Gasteiger charge is 2.21. The maximum Gasteiger partial charge on any atom is 0.223 e. The summed E-state index contributed by atoms with van der Waals surface area (Å²) >= 11 is 0. The Kier molecular flexibility index (Phi) is 10.8. The number of amides is 1. The van der Waals surface area contributed by atoms with Gasteiger partial charge < -0.3 is 15.2 Å². The smallest absolute Gasteiger partial charge is 0.223 e. The number of nitrogens with one attached hydrogen (secondary N) is 1. The van der Waals surface area contributed by atoms with Crippen molar-refractivity contribution in [2.45, 2.75) is 72.1 Å². The summed E-state index contributed by atoms with van der Waals surface area (Å²) in [5.74, 6) is 1.47. The number of hydrogen-bond acceptors (Lipinski definition) is 3. The van der Waals surface area contributed by atoms with Gasteiger partial charge in [-0.05, 0) is 49.3 Å². The summed E-state index contributed by atoms with van der Waals surface area (Å²) in [6.45, 7) is 7.22. The number of rotatable bonds is 13. The first-order valence-corrected chi connectivity index (χ1v) is 10.1. The van der Waals surface area contributed by atoms with E-state index in [0.29, 0.717) is 11.7 Å². The fourth-order valence-corrected chi connectivity index (χ4v) is 3.22. The zero-order valence-electron chi connectivity index (χ0n) is 17.0. The predicted octanol–water partition coefficient (Wildman–Crippen LogP) is 5.08. The number of aryl methyl sites for hydroxylation is 1. The summed E-state index contributed by atoms with van der Waals surface area (Å²) in [4.78, 5) is 12.3. The number of aromatic hydroxyl groups is 1. The average Bonchev–Trinajstić information content (AvgIpc) is 2.61. The van der Waals surface area contributed by atoms with E-state index in [2.05, 4.69) is 26.1 Å². The van der Waals surface area contributed by atoms with E-state index in [4.69, 9.17) is 4.74 Å². The molecule has 0 radical (unpaired) electrons. The Morgan fingerprint density at radius 2 is 1.88 bits per heavy atom. The van der Waals surface area contributed by atoms with Crippen molar-refractivity contribution in [1.82, 2.24) is 5.32 Å². The quantitative estimate of drug-likeness (QED) is 0.480. The lowest BCUT2D eigenvalue weighted by Gasteiger charge is -2.20. The Morgan fingerprint density at radius 1 is 1.15 bits per heavy atom. The Labute approximate surface area is 159 Å². The number of carbonyl (C=O) groups is 1. The van der Waals surface area contributed by atoms with Crippen LogP contribution in [0.1, 0.15) is 71.3 Å². The van der Waals surface area contributed by atoms with Crippen LogP contribution in [0.5, 0.6) is 11.5 Å². The SMILES string of the molecule is CCCCNC(=O)[C@@H](CCCCCCc1ccc(OC)c(O)c1)C(C)C. The molecule has 0 spiro atoms. The molecule has 1 atom stereocenters. The van der Waals surface area contributed by atoms with Crippen LogP contribution in [-0.4, -0.2) is 24.7 Å². The van der Waals surface area contributed by atoms with Crippen LogP contribution in [0.15, 0.2) is 18.2 Å². The van der Waals surface area contributed by atoms with Gasteiger partial charge >= 0.3 is 0 Å². The van der Waals surface area contributed by atoms with Gasteiger partial charge in [-0.1, -0.05) is 52.5 Å². The van der Waals surface area contributed by atoms with Crippen molar-refractivity contribution >= 4 is 5.91 Å². The molecular weight excluding hydrogens is 326 g/mol. The van der Waals surface area contributed by atoms with Crippen molar-refractivity contribution in [2.75, 3.05) is 13.7 Å². The van der Waals surface area contributed by atoms with Crippen LogP contribution in [0.4, 0.5) is 0 Å². The van der Waals surface area contributed by atoms with Crippen LogP contribution < -0.4 is 10.1 Å². The zero-order chi connectivity index (χ0) is 19.4. The van der Waals surface area contributed by atoms with Crippen molar-refractivity contribution < 1.29 is 14.6 Å². The molecule has 0 bridgehead atoms. The lowest BCUT2D eigenvalue weighted by molar-refractivity contribution is -0.126. The first-order valence-electron chi connectivity index (χ1n) is 10.1. The van der Waals surface area contributed by atoms with E-state index in [1.165, 1.54) is 0 Å². The molecule has 0 aliphatic rings. The van der Waals surface area contributed by atoms with E-state index in [-0.39, 0.29) is 17.6 Å². The van der Waals surface area contributed by atoms with Crippen LogP contribution >= 0.6 is 0 Å². The maximum absolute atomic E-state index is 12.3. The van der Waals surface area contributed by atoms with Gasteiger partial charge in [-0.25, -0.2) is 0 Å². The third-order valence-electron chi connectivity index (χ3n) is 4.94. The molecule has 0 saturated heterocycles. The molecule has 4 nitrogen and oxygen atoms in total. The molecule has 0 aliphatic carbocycles. The summed E-state index contributed by atoms with van der Waals surface area (Å²) in [5, 5.41) is 12.9. The normalized spacial score (nSPS) is 12.2. The molecule has 0 aliphatic heterocycles. The van der Waals surface area contributed by atoms with E-state index in [9.17, 15) is 9.90 Å². The maximum atomic E-state index is 12.3. The Morgan fingerprint density at radius 3 is 2.50 bits per heavy atom. The van der Waals surface area contributed by atoms with Gasteiger partial charge in [-0.2, -0.15) is 0 Å². The second-order valence-electron chi connectivity index (χ2n) is 7.45. The van der Waals surface area contributed by atoms with Gasteiger partial charge in [0.2, 0.25) is 5.91 Å². The summed E-state index contributed by atoms with van der Waals surface area (Å²) in [6, 6.07) is 5.61. The van der Waals surface area contributed by atoms with Gasteiger partial charge in [-0.15, -0.1) is 0 Å². The predicted molar refractivity (Wildman–Crippen MR) is 108 cm³/mol. The summed E-state index contributed by atoms with van der Waals surface area (Å²) < 4.78 is 5.07. The summed E-state index contributed by atoms with van der Waals surface area (Å²) in [5.41, 5.74) is 1.14. The van der Waals surface area contributed by atoms with E-state index in [1.54, 1.807) is 13.2 Å². The topological polar surface area (TPSA) is 58.6 Å². The number of unbranched alkanes of at least 4 members (excludes halogenated alkanes) is 4. The number of phenolic OH excluding ortho intramolecular Hbond substituents is 1. The highest BCUT2D eigenvalue weighted by atomic mass is 16.5. The van der Waals surface area contributed by atoms with Crippen molar-refractivity contribution in [3.63, 3.8) is 0 Å². The second kappa shape index (κ2) is 12.6. The number of phenols is 1. The van der Waals surface area contributed by atoms with Crippen LogP contribution in [0.25, 0.3) is 0 Å². The molecule has 0 fully saturated rings. The van der Waals surface area contributed by atoms with E-state index in [1.807, 2.05) is 12.1 Å². The standard InChI is InChI=1S/C22H37NO3/c1-5-6-15-23-22(25)19(17(2)3)12-10-8-7-9-11-18-13-14-21(26-4)20(24)16-18/h13-14,16-17,19,24H,5-12,15H2,1-4H3,(H,23,25)/t19-/m0/s1. The Bertz CT molecular complexity index is 528. The van der Waals surface area contributed by atoms with Crippen molar-refractivity contribution in [3.05, 3.63) is 23.8 Å². The zero-order valence-corrected chi connectivity index (χ0v) is 17.0. The molecule has 148 valence electrons. The monoisotopic (exact) mass is 363 g/mol. The minimum absolute atomic E-state index is 0.130. The van der Waals surface area contributed by atoms with Gasteiger partial charge in [-0.3, -0.25) is 4.79 Å². The number of methoxy groups -OCH3 is 1. The highest BCUT2D eigenvalue weighted by molar-refractivity contribution is 5.78. The number of ether oxygens (including phenoxy) is 1. The molecule has 4 heteroatoms. The highest BCUT2D eigenvalue weighted by Crippen LogP contribution is 2.27. The van der Waals surface area contributed by atoms with Crippen LogP contribution in [-0.2, 0) is 11.2 Å². The molecule has 26 heavy (non-hydrogen) atoms. The van der Waals surface area contributed by atoms with Gasteiger partial charge in [0.1, 0.15) is 0 Å². The molecule has 0 heterocycles. The third-order valence-corrected chi connectivity index (χ3v) is 4.94. The third kappa shape index (κ3) is 8.11. The Balaban J connectivity index is 2.25. The minimum atomic E-state index is 0.130. The molecule has 0 unspecified atom stereocenters. The van der Waals surface area contributed by atoms with E-state index < -0.39 is 0 Å². The van der Waals surface area contributed by atoms with Gasteiger partial charge in [0.25, 0.3) is 0 Å². The average molecular weight is 364 g/mol.